The third-order valence-corrected chi connectivity index (χ3v) is 2.97. The molecule has 1 unspecified atom stereocenters. The van der Waals surface area contributed by atoms with Crippen LogP contribution in [0.4, 0.5) is 4.39 Å². The first-order chi connectivity index (χ1) is 9.10. The van der Waals surface area contributed by atoms with Crippen molar-refractivity contribution in [1.29, 1.82) is 0 Å². The predicted octanol–water partition coefficient (Wildman–Crippen LogP) is 2.93. The number of nitrogens with one attached hydrogen (secondary N) is 1. The Hall–Kier alpha value is -1.88. The zero-order valence-corrected chi connectivity index (χ0v) is 11.0. The lowest BCUT2D eigenvalue weighted by molar-refractivity contribution is 0.413. The van der Waals surface area contributed by atoms with Gasteiger partial charge in [0, 0.05) is 24.1 Å². The van der Waals surface area contributed by atoms with Gasteiger partial charge in [0.15, 0.2) is 0 Å². The predicted molar refractivity (Wildman–Crippen MR) is 69.2 cm³/mol. The van der Waals surface area contributed by atoms with Crippen molar-refractivity contribution in [3.63, 3.8) is 0 Å². The highest BCUT2D eigenvalue weighted by molar-refractivity contribution is 5.34. The van der Waals surface area contributed by atoms with Crippen molar-refractivity contribution in [2.45, 2.75) is 32.9 Å². The SMILES string of the molecule is CCc1cnc(CNC(C)c2ccc(F)cc2O)o1. The van der Waals surface area contributed by atoms with Gasteiger partial charge < -0.3 is 14.8 Å². The summed E-state index contributed by atoms with van der Waals surface area (Å²) in [5.41, 5.74) is 0.642. The minimum absolute atomic E-state index is 0.0540. The largest absolute Gasteiger partial charge is 0.508 e. The number of aryl methyl sites for hydroxylation is 1. The van der Waals surface area contributed by atoms with Gasteiger partial charge in [-0.15, -0.1) is 0 Å². The van der Waals surface area contributed by atoms with E-state index in [9.17, 15) is 9.50 Å². The summed E-state index contributed by atoms with van der Waals surface area (Å²) in [5, 5.41) is 12.9. The molecule has 0 aliphatic heterocycles. The van der Waals surface area contributed by atoms with E-state index in [1.807, 2.05) is 13.8 Å². The van der Waals surface area contributed by atoms with Gasteiger partial charge in [0.2, 0.25) is 5.89 Å². The lowest BCUT2D eigenvalue weighted by atomic mass is 10.1. The third-order valence-electron chi connectivity index (χ3n) is 2.97. The van der Waals surface area contributed by atoms with Gasteiger partial charge in [-0.25, -0.2) is 9.37 Å². The van der Waals surface area contributed by atoms with Crippen molar-refractivity contribution in [3.8, 4) is 5.75 Å². The molecule has 1 aromatic carbocycles. The Labute approximate surface area is 111 Å². The molecule has 19 heavy (non-hydrogen) atoms. The minimum Gasteiger partial charge on any atom is -0.508 e. The maximum absolute atomic E-state index is 12.9. The number of benzene rings is 1. The second-order valence-electron chi connectivity index (χ2n) is 4.38. The zero-order valence-electron chi connectivity index (χ0n) is 11.0. The van der Waals surface area contributed by atoms with E-state index in [1.165, 1.54) is 6.07 Å². The Morgan fingerprint density at radius 1 is 1.47 bits per heavy atom. The van der Waals surface area contributed by atoms with Crippen LogP contribution in [0, 0.1) is 5.82 Å². The summed E-state index contributed by atoms with van der Waals surface area (Å²) in [6.07, 6.45) is 2.51. The highest BCUT2D eigenvalue weighted by Gasteiger charge is 2.12. The molecule has 0 saturated heterocycles. The molecular weight excluding hydrogens is 247 g/mol. The molecule has 2 N–H and O–H groups in total. The molecule has 2 aromatic rings. The molecular formula is C14H17FN2O2. The Kier molecular flexibility index (Phi) is 4.16. The van der Waals surface area contributed by atoms with E-state index in [-0.39, 0.29) is 11.8 Å². The Morgan fingerprint density at radius 3 is 2.89 bits per heavy atom. The number of halogens is 1. The van der Waals surface area contributed by atoms with Crippen LogP contribution in [-0.2, 0) is 13.0 Å². The molecule has 0 bridgehead atoms. The quantitative estimate of drug-likeness (QED) is 0.871. The van der Waals surface area contributed by atoms with E-state index in [1.54, 1.807) is 12.3 Å². The molecule has 5 heteroatoms. The highest BCUT2D eigenvalue weighted by Crippen LogP contribution is 2.24. The van der Waals surface area contributed by atoms with Crippen LogP contribution < -0.4 is 5.32 Å². The molecule has 1 aromatic heterocycles. The summed E-state index contributed by atoms with van der Waals surface area (Å²) < 4.78 is 18.4. The van der Waals surface area contributed by atoms with E-state index in [4.69, 9.17) is 4.42 Å². The molecule has 4 nitrogen and oxygen atoms in total. The van der Waals surface area contributed by atoms with E-state index in [0.717, 1.165) is 18.2 Å². The number of rotatable bonds is 5. The van der Waals surface area contributed by atoms with Crippen LogP contribution in [0.25, 0.3) is 0 Å². The normalized spacial score (nSPS) is 12.6. The first-order valence-electron chi connectivity index (χ1n) is 6.25. The number of phenols is 1. The van der Waals surface area contributed by atoms with Gasteiger partial charge in [-0.2, -0.15) is 0 Å². The molecule has 2 rings (SSSR count). The van der Waals surface area contributed by atoms with Gasteiger partial charge in [0.25, 0.3) is 0 Å². The van der Waals surface area contributed by atoms with Crippen molar-refractivity contribution in [1.82, 2.24) is 10.3 Å². The van der Waals surface area contributed by atoms with Crippen molar-refractivity contribution < 1.29 is 13.9 Å². The van der Waals surface area contributed by atoms with Gasteiger partial charge in [0.1, 0.15) is 17.3 Å². The van der Waals surface area contributed by atoms with Crippen LogP contribution in [0.3, 0.4) is 0 Å². The second kappa shape index (κ2) is 5.84. The second-order valence-corrected chi connectivity index (χ2v) is 4.38. The van der Waals surface area contributed by atoms with Crippen LogP contribution in [0.2, 0.25) is 0 Å². The number of nitrogens with zero attached hydrogens (tertiary/aromatic N) is 1. The Bertz CT molecular complexity index is 554. The number of hydrogen-bond acceptors (Lipinski definition) is 4. The maximum Gasteiger partial charge on any atom is 0.208 e. The third kappa shape index (κ3) is 3.32. The molecule has 0 aliphatic carbocycles. The fourth-order valence-corrected chi connectivity index (χ4v) is 1.83. The molecule has 0 saturated carbocycles. The summed E-state index contributed by atoms with van der Waals surface area (Å²) in [6.45, 7) is 4.34. The van der Waals surface area contributed by atoms with E-state index < -0.39 is 5.82 Å². The first-order valence-corrected chi connectivity index (χ1v) is 6.25. The number of aromatic nitrogens is 1. The lowest BCUT2D eigenvalue weighted by Gasteiger charge is -2.14. The standard InChI is InChI=1S/C14H17FN2O2/c1-3-11-7-17-14(19-11)8-16-9(2)12-5-4-10(15)6-13(12)18/h4-7,9,16,18H,3,8H2,1-2H3. The van der Waals surface area contributed by atoms with Crippen LogP contribution in [0.5, 0.6) is 5.75 Å². The van der Waals surface area contributed by atoms with Gasteiger partial charge in [-0.05, 0) is 13.0 Å². The fraction of sp³-hybridized carbons (Fsp3) is 0.357. The Balaban J connectivity index is 1.98. The topological polar surface area (TPSA) is 58.3 Å². The summed E-state index contributed by atoms with van der Waals surface area (Å²) in [4.78, 5) is 4.14. The van der Waals surface area contributed by atoms with E-state index >= 15 is 0 Å². The van der Waals surface area contributed by atoms with Crippen LogP contribution >= 0.6 is 0 Å². The monoisotopic (exact) mass is 264 g/mol. The molecule has 102 valence electrons. The van der Waals surface area contributed by atoms with Crippen molar-refractivity contribution in [2.24, 2.45) is 0 Å². The summed E-state index contributed by atoms with van der Waals surface area (Å²) >= 11 is 0. The molecule has 0 aliphatic rings. The smallest absolute Gasteiger partial charge is 0.208 e. The average Bonchev–Trinajstić information content (AvgIpc) is 2.84. The summed E-state index contributed by atoms with van der Waals surface area (Å²) in [5.74, 6) is 0.940. The van der Waals surface area contributed by atoms with Crippen molar-refractivity contribution >= 4 is 0 Å². The molecule has 1 heterocycles. The van der Waals surface area contributed by atoms with Gasteiger partial charge in [-0.1, -0.05) is 13.0 Å². The van der Waals surface area contributed by atoms with Crippen LogP contribution in [0.1, 0.15) is 37.1 Å². The number of hydrogen-bond donors (Lipinski definition) is 2. The van der Waals surface area contributed by atoms with Crippen LogP contribution in [0.15, 0.2) is 28.8 Å². The van der Waals surface area contributed by atoms with Gasteiger partial charge in [-0.3, -0.25) is 0 Å². The molecule has 0 spiro atoms. The van der Waals surface area contributed by atoms with E-state index in [0.29, 0.717) is 18.0 Å². The van der Waals surface area contributed by atoms with Crippen molar-refractivity contribution in [2.75, 3.05) is 0 Å². The lowest BCUT2D eigenvalue weighted by Crippen LogP contribution is -2.18. The summed E-state index contributed by atoms with van der Waals surface area (Å²) in [7, 11) is 0. The summed E-state index contributed by atoms with van der Waals surface area (Å²) in [6, 6.07) is 3.87. The van der Waals surface area contributed by atoms with Gasteiger partial charge in [0.05, 0.1) is 12.7 Å². The van der Waals surface area contributed by atoms with Gasteiger partial charge >= 0.3 is 0 Å². The van der Waals surface area contributed by atoms with Crippen molar-refractivity contribution in [3.05, 3.63) is 47.4 Å². The van der Waals surface area contributed by atoms with E-state index in [2.05, 4.69) is 10.3 Å². The first kappa shape index (κ1) is 13.5. The minimum atomic E-state index is -0.450. The average molecular weight is 264 g/mol. The highest BCUT2D eigenvalue weighted by atomic mass is 19.1. The fourth-order valence-electron chi connectivity index (χ4n) is 1.83. The molecule has 0 amide bonds. The van der Waals surface area contributed by atoms with Crippen LogP contribution in [-0.4, -0.2) is 10.1 Å². The number of aromatic hydroxyl groups is 1. The number of phenolic OH excluding ortho intramolecular Hbond substituents is 1. The molecule has 0 fully saturated rings. The Morgan fingerprint density at radius 2 is 2.26 bits per heavy atom. The number of oxazole rings is 1. The zero-order chi connectivity index (χ0) is 13.8. The molecule has 1 atom stereocenters. The molecule has 0 radical (unpaired) electrons. The maximum atomic E-state index is 12.9.